The Kier molecular flexibility index (Phi) is 4.23. The largest absolute Gasteiger partial charge is 0.481 e. The zero-order valence-electron chi connectivity index (χ0n) is 12.6. The maximum absolute atomic E-state index is 13.7. The second-order valence-corrected chi connectivity index (χ2v) is 5.48. The van der Waals surface area contributed by atoms with Crippen LogP contribution < -0.4 is 10.1 Å². The predicted octanol–water partition coefficient (Wildman–Crippen LogP) is 2.79. The van der Waals surface area contributed by atoms with Crippen LogP contribution in [0, 0.1) is 17.6 Å². The van der Waals surface area contributed by atoms with Crippen LogP contribution in [-0.2, 0) is 11.3 Å². The maximum Gasteiger partial charge on any atom is 0.224 e. The smallest absolute Gasteiger partial charge is 0.224 e. The molecule has 2 aromatic rings. The Morgan fingerprint density at radius 1 is 1.35 bits per heavy atom. The van der Waals surface area contributed by atoms with Crippen molar-refractivity contribution in [3.05, 3.63) is 59.3 Å². The summed E-state index contributed by atoms with van der Waals surface area (Å²) in [6.07, 6.45) is 2.13. The highest BCUT2D eigenvalue weighted by atomic mass is 19.2. The molecule has 120 valence electrons. The molecule has 4 nitrogen and oxygen atoms in total. The van der Waals surface area contributed by atoms with Crippen molar-refractivity contribution in [3.63, 3.8) is 0 Å². The van der Waals surface area contributed by atoms with Gasteiger partial charge in [0.25, 0.3) is 0 Å². The van der Waals surface area contributed by atoms with Crippen LogP contribution in [0.3, 0.4) is 0 Å². The van der Waals surface area contributed by atoms with Gasteiger partial charge in [-0.3, -0.25) is 4.79 Å². The SMILES string of the molecule is COc1ncccc1CNC(=O)C1CC1c1cccc(F)c1F. The number of hydrogen-bond acceptors (Lipinski definition) is 3. The van der Waals surface area contributed by atoms with Crippen molar-refractivity contribution in [1.82, 2.24) is 10.3 Å². The average molecular weight is 318 g/mol. The fourth-order valence-electron chi connectivity index (χ4n) is 2.69. The van der Waals surface area contributed by atoms with Gasteiger partial charge in [-0.05, 0) is 30.0 Å². The van der Waals surface area contributed by atoms with Gasteiger partial charge in [0.2, 0.25) is 11.8 Å². The highest BCUT2D eigenvalue weighted by Crippen LogP contribution is 2.48. The Morgan fingerprint density at radius 3 is 2.96 bits per heavy atom. The van der Waals surface area contributed by atoms with Gasteiger partial charge in [-0.1, -0.05) is 18.2 Å². The molecule has 1 aromatic carbocycles. The third-order valence-corrected chi connectivity index (χ3v) is 4.00. The molecular formula is C17H16F2N2O2. The normalized spacial score (nSPS) is 19.3. The number of methoxy groups -OCH3 is 1. The molecule has 3 rings (SSSR count). The molecule has 1 aliphatic carbocycles. The molecule has 1 fully saturated rings. The molecule has 1 heterocycles. The molecule has 0 saturated heterocycles. The molecule has 0 aliphatic heterocycles. The van der Waals surface area contributed by atoms with Gasteiger partial charge in [0.05, 0.1) is 7.11 Å². The molecule has 1 aliphatic rings. The first-order chi connectivity index (χ1) is 11.1. The van der Waals surface area contributed by atoms with Gasteiger partial charge in [0.1, 0.15) is 0 Å². The lowest BCUT2D eigenvalue weighted by Crippen LogP contribution is -2.25. The molecule has 0 bridgehead atoms. The van der Waals surface area contributed by atoms with Crippen molar-refractivity contribution in [2.24, 2.45) is 5.92 Å². The lowest BCUT2D eigenvalue weighted by Gasteiger charge is -2.08. The van der Waals surface area contributed by atoms with E-state index in [4.69, 9.17) is 4.74 Å². The number of hydrogen-bond donors (Lipinski definition) is 1. The Labute approximate surface area is 132 Å². The summed E-state index contributed by atoms with van der Waals surface area (Å²) in [5.41, 5.74) is 1.03. The van der Waals surface area contributed by atoms with E-state index >= 15 is 0 Å². The first-order valence-corrected chi connectivity index (χ1v) is 7.31. The maximum atomic E-state index is 13.7. The number of pyridine rings is 1. The summed E-state index contributed by atoms with van der Waals surface area (Å²) >= 11 is 0. The fraction of sp³-hybridized carbons (Fsp3) is 0.294. The third-order valence-electron chi connectivity index (χ3n) is 4.00. The molecule has 1 aromatic heterocycles. The highest BCUT2D eigenvalue weighted by Gasteiger charge is 2.45. The molecule has 6 heteroatoms. The van der Waals surface area contributed by atoms with Crippen molar-refractivity contribution in [2.75, 3.05) is 7.11 Å². The summed E-state index contributed by atoms with van der Waals surface area (Å²) in [5, 5.41) is 2.79. The van der Waals surface area contributed by atoms with Gasteiger partial charge in [0.15, 0.2) is 11.6 Å². The minimum atomic E-state index is -0.881. The van der Waals surface area contributed by atoms with Crippen LogP contribution in [0.1, 0.15) is 23.5 Å². The van der Waals surface area contributed by atoms with Crippen LogP contribution in [0.5, 0.6) is 5.88 Å². The molecule has 0 spiro atoms. The van der Waals surface area contributed by atoms with Gasteiger partial charge >= 0.3 is 0 Å². The van der Waals surface area contributed by atoms with Crippen LogP contribution in [-0.4, -0.2) is 18.0 Å². The number of ether oxygens (including phenoxy) is 1. The van der Waals surface area contributed by atoms with Gasteiger partial charge in [-0.15, -0.1) is 0 Å². The zero-order valence-corrected chi connectivity index (χ0v) is 12.6. The lowest BCUT2D eigenvalue weighted by molar-refractivity contribution is -0.122. The van der Waals surface area contributed by atoms with Crippen molar-refractivity contribution in [2.45, 2.75) is 18.9 Å². The van der Waals surface area contributed by atoms with E-state index in [-0.39, 0.29) is 29.9 Å². The van der Waals surface area contributed by atoms with Crippen molar-refractivity contribution >= 4 is 5.91 Å². The van der Waals surface area contributed by atoms with Crippen LogP contribution in [0.2, 0.25) is 0 Å². The van der Waals surface area contributed by atoms with Crippen LogP contribution >= 0.6 is 0 Å². The van der Waals surface area contributed by atoms with Gasteiger partial charge in [-0.2, -0.15) is 0 Å². The van der Waals surface area contributed by atoms with E-state index in [1.807, 2.05) is 6.07 Å². The zero-order chi connectivity index (χ0) is 16.4. The van der Waals surface area contributed by atoms with Gasteiger partial charge in [-0.25, -0.2) is 13.8 Å². The number of benzene rings is 1. The lowest BCUT2D eigenvalue weighted by atomic mass is 10.1. The third kappa shape index (κ3) is 3.16. The predicted molar refractivity (Wildman–Crippen MR) is 79.8 cm³/mol. The van der Waals surface area contributed by atoms with E-state index in [9.17, 15) is 13.6 Å². The summed E-state index contributed by atoms with van der Waals surface area (Å²) in [5.74, 6) is -2.05. The van der Waals surface area contributed by atoms with E-state index < -0.39 is 11.6 Å². The monoisotopic (exact) mass is 318 g/mol. The molecule has 0 radical (unpaired) electrons. The standard InChI is InChI=1S/C17H16F2N2O2/c1-23-17-10(4-3-7-20-17)9-21-16(22)13-8-12(13)11-5-2-6-14(18)15(11)19/h2-7,12-13H,8-9H2,1H3,(H,21,22). The summed E-state index contributed by atoms with van der Waals surface area (Å²) in [4.78, 5) is 16.2. The van der Waals surface area contributed by atoms with Crippen LogP contribution in [0.15, 0.2) is 36.5 Å². The number of carbonyl (C=O) groups is 1. The molecule has 2 unspecified atom stereocenters. The van der Waals surface area contributed by atoms with E-state index in [2.05, 4.69) is 10.3 Å². The van der Waals surface area contributed by atoms with E-state index in [1.165, 1.54) is 19.2 Å². The fourth-order valence-corrected chi connectivity index (χ4v) is 2.69. The molecule has 1 N–H and O–H groups in total. The number of nitrogens with one attached hydrogen (secondary N) is 1. The topological polar surface area (TPSA) is 51.2 Å². The van der Waals surface area contributed by atoms with Gasteiger partial charge in [0, 0.05) is 24.2 Å². The molecular weight excluding hydrogens is 302 g/mol. The minimum absolute atomic E-state index is 0.176. The molecule has 1 saturated carbocycles. The summed E-state index contributed by atoms with van der Waals surface area (Å²) < 4.78 is 32.1. The second-order valence-electron chi connectivity index (χ2n) is 5.48. The van der Waals surface area contributed by atoms with E-state index in [0.717, 1.165) is 11.6 Å². The number of rotatable bonds is 5. The Balaban J connectivity index is 1.62. The summed E-state index contributed by atoms with van der Waals surface area (Å²) in [7, 11) is 1.51. The van der Waals surface area contributed by atoms with Crippen LogP contribution in [0.4, 0.5) is 8.78 Å². The Morgan fingerprint density at radius 2 is 2.17 bits per heavy atom. The van der Waals surface area contributed by atoms with E-state index in [1.54, 1.807) is 12.3 Å². The minimum Gasteiger partial charge on any atom is -0.481 e. The first kappa shape index (κ1) is 15.4. The molecule has 2 atom stereocenters. The highest BCUT2D eigenvalue weighted by molar-refractivity contribution is 5.82. The number of halogens is 2. The number of aromatic nitrogens is 1. The molecule has 23 heavy (non-hydrogen) atoms. The summed E-state index contributed by atoms with van der Waals surface area (Å²) in [6.45, 7) is 0.282. The number of carbonyl (C=O) groups excluding carboxylic acids is 1. The van der Waals surface area contributed by atoms with Crippen molar-refractivity contribution < 1.29 is 18.3 Å². The first-order valence-electron chi connectivity index (χ1n) is 7.31. The van der Waals surface area contributed by atoms with Crippen molar-refractivity contribution in [1.29, 1.82) is 0 Å². The average Bonchev–Trinajstić information content (AvgIpc) is 3.36. The van der Waals surface area contributed by atoms with E-state index in [0.29, 0.717) is 12.3 Å². The number of amides is 1. The van der Waals surface area contributed by atoms with Gasteiger partial charge < -0.3 is 10.1 Å². The van der Waals surface area contributed by atoms with Crippen LogP contribution in [0.25, 0.3) is 0 Å². The quantitative estimate of drug-likeness (QED) is 0.922. The molecule has 1 amide bonds. The summed E-state index contributed by atoms with van der Waals surface area (Å²) in [6, 6.07) is 7.63. The Hall–Kier alpha value is -2.50. The second kappa shape index (κ2) is 6.32. The number of nitrogens with zero attached hydrogens (tertiary/aromatic N) is 1. The Bertz CT molecular complexity index is 736. The van der Waals surface area contributed by atoms with Crippen molar-refractivity contribution in [3.8, 4) is 5.88 Å².